The van der Waals surface area contributed by atoms with E-state index in [2.05, 4.69) is 20.2 Å². The number of hydrogen-bond acceptors (Lipinski definition) is 4. The van der Waals surface area contributed by atoms with Crippen molar-refractivity contribution in [2.75, 3.05) is 0 Å². The topological polar surface area (TPSA) is 54.5 Å². The van der Waals surface area contributed by atoms with E-state index in [1.165, 1.54) is 11.8 Å². The normalized spacial score (nSPS) is 10.8. The van der Waals surface area contributed by atoms with Crippen LogP contribution in [0.2, 0.25) is 0 Å². The maximum absolute atomic E-state index is 4.25. The van der Waals surface area contributed by atoms with E-state index >= 15 is 0 Å². The Morgan fingerprint density at radius 3 is 2.69 bits per heavy atom. The molecule has 4 nitrogen and oxygen atoms in total. The Morgan fingerprint density at radius 1 is 1.00 bits per heavy atom. The lowest BCUT2D eigenvalue weighted by molar-refractivity contribution is 0.954. The molecule has 1 N–H and O–H groups in total. The lowest BCUT2D eigenvalue weighted by Gasteiger charge is -1.95. The summed E-state index contributed by atoms with van der Waals surface area (Å²) in [6, 6.07) is 9.80. The first kappa shape index (κ1) is 9.35. The fourth-order valence-electron chi connectivity index (χ4n) is 1.44. The highest BCUT2D eigenvalue weighted by Gasteiger charge is 2.07. The van der Waals surface area contributed by atoms with Crippen LogP contribution in [0.1, 0.15) is 0 Å². The first-order chi connectivity index (χ1) is 7.93. The molecular weight excluding hydrogens is 220 g/mol. The lowest BCUT2D eigenvalue weighted by Crippen LogP contribution is -1.83. The van der Waals surface area contributed by atoms with Crippen molar-refractivity contribution in [3.63, 3.8) is 0 Å². The van der Waals surface area contributed by atoms with E-state index < -0.39 is 0 Å². The molecule has 5 heteroatoms. The highest BCUT2D eigenvalue weighted by molar-refractivity contribution is 7.99. The summed E-state index contributed by atoms with van der Waals surface area (Å²) in [4.78, 5) is 8.32. The summed E-state index contributed by atoms with van der Waals surface area (Å²) in [5.41, 5.74) is 1.03. The SMILES string of the molecule is c1cnc(Sc2n[nH]c3ccccc23)nc1. The van der Waals surface area contributed by atoms with Crippen LogP contribution in [0.4, 0.5) is 0 Å². The summed E-state index contributed by atoms with van der Waals surface area (Å²) in [5.74, 6) is 0. The van der Waals surface area contributed by atoms with Gasteiger partial charge in [-0.15, -0.1) is 0 Å². The van der Waals surface area contributed by atoms with Crippen molar-refractivity contribution in [1.82, 2.24) is 20.2 Å². The molecule has 0 aliphatic carbocycles. The van der Waals surface area contributed by atoms with E-state index in [1.54, 1.807) is 18.5 Å². The lowest BCUT2D eigenvalue weighted by atomic mass is 10.3. The monoisotopic (exact) mass is 228 g/mol. The van der Waals surface area contributed by atoms with Gasteiger partial charge in [0.2, 0.25) is 0 Å². The highest BCUT2D eigenvalue weighted by atomic mass is 32.2. The fraction of sp³-hybridized carbons (Fsp3) is 0. The van der Waals surface area contributed by atoms with E-state index in [9.17, 15) is 0 Å². The summed E-state index contributed by atoms with van der Waals surface area (Å²) in [6.45, 7) is 0. The van der Waals surface area contributed by atoms with Crippen LogP contribution in [0, 0.1) is 0 Å². The van der Waals surface area contributed by atoms with Crippen molar-refractivity contribution >= 4 is 22.7 Å². The van der Waals surface area contributed by atoms with E-state index in [0.717, 1.165) is 15.9 Å². The molecule has 0 saturated heterocycles. The number of fused-ring (bicyclic) bond motifs is 1. The maximum atomic E-state index is 4.25. The van der Waals surface area contributed by atoms with Gasteiger partial charge >= 0.3 is 0 Å². The van der Waals surface area contributed by atoms with Crippen molar-refractivity contribution in [1.29, 1.82) is 0 Å². The Kier molecular flexibility index (Phi) is 2.30. The average Bonchev–Trinajstić information content (AvgIpc) is 2.74. The third kappa shape index (κ3) is 1.65. The second kappa shape index (κ2) is 3.94. The van der Waals surface area contributed by atoms with Gasteiger partial charge < -0.3 is 0 Å². The summed E-state index contributed by atoms with van der Waals surface area (Å²) in [6.07, 6.45) is 3.45. The molecule has 0 atom stereocenters. The second-order valence-electron chi connectivity index (χ2n) is 3.21. The molecule has 0 aliphatic rings. The predicted molar refractivity (Wildman–Crippen MR) is 62.2 cm³/mol. The zero-order chi connectivity index (χ0) is 10.8. The van der Waals surface area contributed by atoms with Gasteiger partial charge in [0.25, 0.3) is 0 Å². The zero-order valence-corrected chi connectivity index (χ0v) is 9.11. The van der Waals surface area contributed by atoms with Crippen LogP contribution in [-0.2, 0) is 0 Å². The van der Waals surface area contributed by atoms with Gasteiger partial charge in [0.1, 0.15) is 5.03 Å². The second-order valence-corrected chi connectivity index (χ2v) is 4.16. The molecule has 3 aromatic rings. The van der Waals surface area contributed by atoms with Crippen LogP contribution in [0.25, 0.3) is 10.9 Å². The molecule has 0 amide bonds. The highest BCUT2D eigenvalue weighted by Crippen LogP contribution is 2.28. The molecule has 3 rings (SSSR count). The molecule has 2 aromatic heterocycles. The molecule has 2 heterocycles. The van der Waals surface area contributed by atoms with E-state index in [4.69, 9.17) is 0 Å². The molecule has 78 valence electrons. The van der Waals surface area contributed by atoms with Gasteiger partial charge in [-0.1, -0.05) is 18.2 Å². The van der Waals surface area contributed by atoms with Crippen molar-refractivity contribution in [2.24, 2.45) is 0 Å². The average molecular weight is 228 g/mol. The van der Waals surface area contributed by atoms with Crippen molar-refractivity contribution in [3.05, 3.63) is 42.7 Å². The molecular formula is C11H8N4S. The molecule has 0 bridgehead atoms. The van der Waals surface area contributed by atoms with Crippen LogP contribution in [0.15, 0.2) is 52.9 Å². The smallest absolute Gasteiger partial charge is 0.193 e. The van der Waals surface area contributed by atoms with Crippen molar-refractivity contribution in [3.8, 4) is 0 Å². The molecule has 0 saturated carbocycles. The van der Waals surface area contributed by atoms with E-state index in [-0.39, 0.29) is 0 Å². The Balaban J connectivity index is 2.01. The van der Waals surface area contributed by atoms with Gasteiger partial charge in [0.05, 0.1) is 5.52 Å². The van der Waals surface area contributed by atoms with Gasteiger partial charge in [0, 0.05) is 17.8 Å². The Hall–Kier alpha value is -1.88. The minimum Gasteiger partial charge on any atom is -0.277 e. The molecule has 1 aromatic carbocycles. The molecule has 0 unspecified atom stereocenters. The number of hydrogen-bond donors (Lipinski definition) is 1. The number of benzene rings is 1. The maximum Gasteiger partial charge on any atom is 0.193 e. The van der Waals surface area contributed by atoms with Gasteiger partial charge in [-0.2, -0.15) is 5.10 Å². The number of nitrogens with one attached hydrogen (secondary N) is 1. The van der Waals surface area contributed by atoms with Crippen LogP contribution < -0.4 is 0 Å². The summed E-state index contributed by atoms with van der Waals surface area (Å²) in [7, 11) is 0. The van der Waals surface area contributed by atoms with Crippen molar-refractivity contribution < 1.29 is 0 Å². The first-order valence-corrected chi connectivity index (χ1v) is 5.63. The largest absolute Gasteiger partial charge is 0.277 e. The molecule has 16 heavy (non-hydrogen) atoms. The van der Waals surface area contributed by atoms with Crippen LogP contribution in [0.5, 0.6) is 0 Å². The third-order valence-electron chi connectivity index (χ3n) is 2.17. The summed E-state index contributed by atoms with van der Waals surface area (Å²) >= 11 is 1.46. The van der Waals surface area contributed by atoms with E-state index in [1.807, 2.05) is 24.3 Å². The Morgan fingerprint density at radius 2 is 1.81 bits per heavy atom. The van der Waals surface area contributed by atoms with Crippen molar-refractivity contribution in [2.45, 2.75) is 10.2 Å². The molecule has 0 spiro atoms. The zero-order valence-electron chi connectivity index (χ0n) is 8.29. The predicted octanol–water partition coefficient (Wildman–Crippen LogP) is 2.50. The Bertz CT molecular complexity index is 605. The van der Waals surface area contributed by atoms with Crippen LogP contribution in [-0.4, -0.2) is 20.2 Å². The number of H-pyrrole nitrogens is 1. The minimum atomic E-state index is 0.708. The summed E-state index contributed by atoms with van der Waals surface area (Å²) in [5, 5.41) is 9.94. The quantitative estimate of drug-likeness (QED) is 0.685. The molecule has 0 fully saturated rings. The fourth-order valence-corrected chi connectivity index (χ4v) is 2.22. The third-order valence-corrected chi connectivity index (χ3v) is 3.06. The van der Waals surface area contributed by atoms with Gasteiger partial charge in [-0.25, -0.2) is 9.97 Å². The minimum absolute atomic E-state index is 0.708. The van der Waals surface area contributed by atoms with Gasteiger partial charge in [-0.05, 0) is 23.9 Å². The first-order valence-electron chi connectivity index (χ1n) is 4.81. The standard InChI is InChI=1S/C11H8N4S/c1-2-5-9-8(4-1)10(15-14-9)16-11-12-6-3-7-13-11/h1-7H,(H,14,15). The van der Waals surface area contributed by atoms with Crippen LogP contribution >= 0.6 is 11.8 Å². The number of rotatable bonds is 2. The molecule has 0 aliphatic heterocycles. The number of aromatic nitrogens is 4. The van der Waals surface area contributed by atoms with Gasteiger partial charge in [0.15, 0.2) is 5.16 Å². The van der Waals surface area contributed by atoms with Crippen LogP contribution in [0.3, 0.4) is 0 Å². The number of para-hydroxylation sites is 1. The van der Waals surface area contributed by atoms with E-state index in [0.29, 0.717) is 5.16 Å². The molecule has 0 radical (unpaired) electrons. The Labute approximate surface area is 96.1 Å². The summed E-state index contributed by atoms with van der Waals surface area (Å²) < 4.78 is 0. The number of nitrogens with zero attached hydrogens (tertiary/aromatic N) is 3. The number of aromatic amines is 1. The van der Waals surface area contributed by atoms with Gasteiger partial charge in [-0.3, -0.25) is 5.10 Å².